The predicted molar refractivity (Wildman–Crippen MR) is 116 cm³/mol. The standard InChI is InChI=1S/C22H18N4O3S/c27-19(24-11-9-15-5-1-2-7-17(15)24)14-25-18-8-3-10-23-20(18)21(28)26(22(25)29)13-16-6-4-12-30-16/h1-8,10,12H,9,11,13-14H2. The van der Waals surface area contributed by atoms with Crippen LogP contribution in [0.3, 0.4) is 0 Å². The summed E-state index contributed by atoms with van der Waals surface area (Å²) in [4.78, 5) is 46.1. The van der Waals surface area contributed by atoms with Crippen molar-refractivity contribution in [1.82, 2.24) is 14.1 Å². The van der Waals surface area contributed by atoms with E-state index >= 15 is 0 Å². The van der Waals surface area contributed by atoms with Crippen LogP contribution in [0.4, 0.5) is 5.69 Å². The van der Waals surface area contributed by atoms with Crippen LogP contribution in [0.25, 0.3) is 11.0 Å². The smallest absolute Gasteiger partial charge is 0.310 e. The fraction of sp³-hybridized carbons (Fsp3) is 0.182. The van der Waals surface area contributed by atoms with Crippen molar-refractivity contribution < 1.29 is 4.79 Å². The number of anilines is 1. The summed E-state index contributed by atoms with van der Waals surface area (Å²) < 4.78 is 2.52. The van der Waals surface area contributed by atoms with Gasteiger partial charge >= 0.3 is 5.69 Å². The number of amides is 1. The number of aromatic nitrogens is 3. The second-order valence-corrected chi connectivity index (χ2v) is 8.17. The Morgan fingerprint density at radius 2 is 1.90 bits per heavy atom. The number of carbonyl (C=O) groups is 1. The Bertz CT molecular complexity index is 1370. The highest BCUT2D eigenvalue weighted by molar-refractivity contribution is 7.09. The number of nitrogens with zero attached hydrogens (tertiary/aromatic N) is 4. The van der Waals surface area contributed by atoms with Crippen molar-refractivity contribution in [1.29, 1.82) is 0 Å². The largest absolute Gasteiger partial charge is 0.332 e. The van der Waals surface area contributed by atoms with Crippen molar-refractivity contribution in [3.8, 4) is 0 Å². The molecule has 0 aliphatic carbocycles. The first-order chi connectivity index (χ1) is 14.6. The number of thiophene rings is 1. The van der Waals surface area contributed by atoms with Gasteiger partial charge in [-0.2, -0.15) is 0 Å². The third-order valence-corrected chi connectivity index (χ3v) is 6.22. The lowest BCUT2D eigenvalue weighted by molar-refractivity contribution is -0.119. The van der Waals surface area contributed by atoms with Crippen LogP contribution in [0.5, 0.6) is 0 Å². The highest BCUT2D eigenvalue weighted by Crippen LogP contribution is 2.27. The molecule has 7 nitrogen and oxygen atoms in total. The van der Waals surface area contributed by atoms with Gasteiger partial charge in [0.2, 0.25) is 5.91 Å². The predicted octanol–water partition coefficient (Wildman–Crippen LogP) is 2.26. The molecule has 4 aromatic rings. The summed E-state index contributed by atoms with van der Waals surface area (Å²) in [6.07, 6.45) is 2.31. The second kappa shape index (κ2) is 7.38. The summed E-state index contributed by atoms with van der Waals surface area (Å²) in [5, 5.41) is 1.90. The first-order valence-electron chi connectivity index (χ1n) is 9.62. The van der Waals surface area contributed by atoms with E-state index < -0.39 is 11.2 Å². The lowest BCUT2D eigenvalue weighted by atomic mass is 10.2. The minimum atomic E-state index is -0.505. The summed E-state index contributed by atoms with van der Waals surface area (Å²) in [5.41, 5.74) is 1.60. The van der Waals surface area contributed by atoms with Crippen LogP contribution in [-0.2, 0) is 24.3 Å². The Morgan fingerprint density at radius 1 is 1.03 bits per heavy atom. The quantitative estimate of drug-likeness (QED) is 0.509. The van der Waals surface area contributed by atoms with E-state index in [1.807, 2.05) is 41.8 Å². The van der Waals surface area contributed by atoms with E-state index in [1.165, 1.54) is 22.1 Å². The SMILES string of the molecule is O=C(Cn1c(=O)n(Cc2cccs2)c(=O)c2ncccc21)N1CCc2ccccc21. The Labute approximate surface area is 175 Å². The summed E-state index contributed by atoms with van der Waals surface area (Å²) in [5.74, 6) is -0.187. The maximum absolute atomic E-state index is 13.3. The van der Waals surface area contributed by atoms with E-state index in [1.54, 1.807) is 17.0 Å². The molecule has 5 rings (SSSR count). The van der Waals surface area contributed by atoms with Crippen molar-refractivity contribution >= 4 is 34.0 Å². The van der Waals surface area contributed by atoms with E-state index in [9.17, 15) is 14.4 Å². The van der Waals surface area contributed by atoms with Gasteiger partial charge in [0.05, 0.1) is 12.1 Å². The molecule has 0 saturated carbocycles. The van der Waals surface area contributed by atoms with Crippen LogP contribution >= 0.6 is 11.3 Å². The summed E-state index contributed by atoms with van der Waals surface area (Å²) >= 11 is 1.47. The van der Waals surface area contributed by atoms with Gasteiger partial charge in [0, 0.05) is 23.3 Å². The molecule has 4 heterocycles. The third kappa shape index (κ3) is 3.05. The fourth-order valence-corrected chi connectivity index (χ4v) is 4.60. The molecule has 1 aromatic carbocycles. The Balaban J connectivity index is 1.59. The molecule has 1 aliphatic heterocycles. The Morgan fingerprint density at radius 3 is 2.73 bits per heavy atom. The van der Waals surface area contributed by atoms with Crippen molar-refractivity contribution in [2.45, 2.75) is 19.5 Å². The molecule has 0 unspecified atom stereocenters. The van der Waals surface area contributed by atoms with Gasteiger partial charge in [-0.25, -0.2) is 9.78 Å². The van der Waals surface area contributed by atoms with Gasteiger partial charge in [-0.15, -0.1) is 11.3 Å². The molecule has 1 amide bonds. The maximum atomic E-state index is 13.3. The van der Waals surface area contributed by atoms with Crippen molar-refractivity contribution in [3.05, 3.63) is 91.4 Å². The topological polar surface area (TPSA) is 77.2 Å². The van der Waals surface area contributed by atoms with Crippen molar-refractivity contribution in [2.24, 2.45) is 0 Å². The number of hydrogen-bond donors (Lipinski definition) is 0. The van der Waals surface area contributed by atoms with Gasteiger partial charge in [0.15, 0.2) is 5.52 Å². The fourth-order valence-electron chi connectivity index (χ4n) is 3.91. The van der Waals surface area contributed by atoms with E-state index in [2.05, 4.69) is 4.98 Å². The molecule has 0 bridgehead atoms. The van der Waals surface area contributed by atoms with E-state index in [4.69, 9.17) is 0 Å². The van der Waals surface area contributed by atoms with Gasteiger partial charge in [0.1, 0.15) is 6.54 Å². The lowest BCUT2D eigenvalue weighted by Crippen LogP contribution is -2.43. The van der Waals surface area contributed by atoms with Gasteiger partial charge in [-0.1, -0.05) is 24.3 Å². The average molecular weight is 418 g/mol. The van der Waals surface area contributed by atoms with Crippen molar-refractivity contribution in [2.75, 3.05) is 11.4 Å². The summed E-state index contributed by atoms with van der Waals surface area (Å²) in [6.45, 7) is 0.584. The van der Waals surface area contributed by atoms with Crippen LogP contribution in [0.15, 0.2) is 69.7 Å². The van der Waals surface area contributed by atoms with Gasteiger partial charge < -0.3 is 4.90 Å². The van der Waals surface area contributed by atoms with E-state index in [0.717, 1.165) is 27.1 Å². The molecule has 1 aliphatic rings. The molecule has 3 aromatic heterocycles. The number of hydrogen-bond acceptors (Lipinski definition) is 5. The second-order valence-electron chi connectivity index (χ2n) is 7.13. The van der Waals surface area contributed by atoms with Gasteiger partial charge in [-0.05, 0) is 41.6 Å². The number of pyridine rings is 1. The van der Waals surface area contributed by atoms with Gasteiger partial charge in [0.25, 0.3) is 5.56 Å². The molecule has 0 radical (unpaired) electrons. The number of carbonyl (C=O) groups excluding carboxylic acids is 1. The Kier molecular flexibility index (Phi) is 4.55. The molecule has 0 saturated heterocycles. The van der Waals surface area contributed by atoms with Gasteiger partial charge in [-0.3, -0.25) is 18.7 Å². The van der Waals surface area contributed by atoms with Crippen LogP contribution < -0.4 is 16.1 Å². The zero-order chi connectivity index (χ0) is 20.7. The molecule has 150 valence electrons. The normalized spacial score (nSPS) is 13.0. The first-order valence-corrected chi connectivity index (χ1v) is 10.5. The van der Waals surface area contributed by atoms with E-state index in [0.29, 0.717) is 12.1 Å². The molecular weight excluding hydrogens is 400 g/mol. The molecule has 0 fully saturated rings. The molecule has 0 atom stereocenters. The number of fused-ring (bicyclic) bond motifs is 2. The minimum absolute atomic E-state index is 0.153. The molecule has 0 spiro atoms. The Hall–Kier alpha value is -3.52. The number of rotatable bonds is 4. The third-order valence-electron chi connectivity index (χ3n) is 5.36. The maximum Gasteiger partial charge on any atom is 0.332 e. The van der Waals surface area contributed by atoms with Crippen molar-refractivity contribution in [3.63, 3.8) is 0 Å². The average Bonchev–Trinajstić information content (AvgIpc) is 3.44. The number of benzene rings is 1. The lowest BCUT2D eigenvalue weighted by Gasteiger charge is -2.19. The molecule has 30 heavy (non-hydrogen) atoms. The zero-order valence-corrected chi connectivity index (χ0v) is 16.8. The molecule has 8 heteroatoms. The highest BCUT2D eigenvalue weighted by atomic mass is 32.1. The van der Waals surface area contributed by atoms with Crippen LogP contribution in [0, 0.1) is 0 Å². The van der Waals surface area contributed by atoms with Crippen LogP contribution in [0.1, 0.15) is 10.4 Å². The molecule has 0 N–H and O–H groups in total. The van der Waals surface area contributed by atoms with E-state index in [-0.39, 0.29) is 24.5 Å². The molecular formula is C22H18N4O3S. The summed E-state index contributed by atoms with van der Waals surface area (Å²) in [7, 11) is 0. The highest BCUT2D eigenvalue weighted by Gasteiger charge is 2.25. The summed E-state index contributed by atoms with van der Waals surface area (Å²) in [6, 6.07) is 14.8. The number of para-hydroxylation sites is 1. The minimum Gasteiger partial charge on any atom is -0.310 e. The van der Waals surface area contributed by atoms with Crippen LogP contribution in [-0.4, -0.2) is 26.6 Å². The zero-order valence-electron chi connectivity index (χ0n) is 16.0. The first kappa shape index (κ1) is 18.5. The monoisotopic (exact) mass is 418 g/mol. The van der Waals surface area contributed by atoms with Crippen LogP contribution in [0.2, 0.25) is 0 Å².